The highest BCUT2D eigenvalue weighted by Gasteiger charge is 2.10. The van der Waals surface area contributed by atoms with Crippen molar-refractivity contribution in [3.63, 3.8) is 0 Å². The number of ether oxygens (including phenoxy) is 1. The van der Waals surface area contributed by atoms with E-state index >= 15 is 0 Å². The van der Waals surface area contributed by atoms with Crippen LogP contribution in [0, 0.1) is 0 Å². The Labute approximate surface area is 154 Å². The molecule has 3 rings (SSSR count). The minimum Gasteiger partial charge on any atom is -0.494 e. The highest BCUT2D eigenvalue weighted by atomic mass is 16.5. The summed E-state index contributed by atoms with van der Waals surface area (Å²) in [6, 6.07) is 16.0. The van der Waals surface area contributed by atoms with Crippen LogP contribution < -0.4 is 10.1 Å². The van der Waals surface area contributed by atoms with Crippen LogP contribution >= 0.6 is 0 Å². The van der Waals surface area contributed by atoms with Gasteiger partial charge in [0.05, 0.1) is 6.61 Å². The second-order valence-electron chi connectivity index (χ2n) is 6.63. The van der Waals surface area contributed by atoms with Gasteiger partial charge in [-0.15, -0.1) is 0 Å². The molecular formula is C21H26N2O3. The van der Waals surface area contributed by atoms with Crippen LogP contribution in [0.3, 0.4) is 0 Å². The first-order valence-corrected chi connectivity index (χ1v) is 9.22. The predicted molar refractivity (Wildman–Crippen MR) is 103 cm³/mol. The maximum Gasteiger partial charge on any atom is 0.404 e. The van der Waals surface area contributed by atoms with Crippen LogP contribution in [-0.2, 0) is 6.54 Å². The Kier molecular flexibility index (Phi) is 6.50. The van der Waals surface area contributed by atoms with Gasteiger partial charge in [0.2, 0.25) is 0 Å². The minimum atomic E-state index is -1.01. The van der Waals surface area contributed by atoms with Crippen molar-refractivity contribution in [3.05, 3.63) is 54.1 Å². The molecule has 26 heavy (non-hydrogen) atoms. The molecule has 1 aliphatic rings. The summed E-state index contributed by atoms with van der Waals surface area (Å²) in [4.78, 5) is 13.1. The van der Waals surface area contributed by atoms with E-state index in [9.17, 15) is 4.79 Å². The largest absolute Gasteiger partial charge is 0.494 e. The lowest BCUT2D eigenvalue weighted by molar-refractivity contribution is 0.194. The average Bonchev–Trinajstić information content (AvgIpc) is 3.18. The normalized spacial score (nSPS) is 14.3. The molecule has 0 aromatic heterocycles. The van der Waals surface area contributed by atoms with E-state index in [1.165, 1.54) is 25.9 Å². The standard InChI is InChI=1S/C21H26N2O3/c24-21(25)22-16-17-7-9-18(10-8-17)19-5-3-6-20(15-19)26-14-4-13-23-11-1-2-12-23/h3,5-10,15,22H,1-2,4,11-14,16H2,(H,24,25). The highest BCUT2D eigenvalue weighted by Crippen LogP contribution is 2.24. The van der Waals surface area contributed by atoms with Crippen molar-refractivity contribution >= 4 is 6.09 Å². The van der Waals surface area contributed by atoms with Crippen LogP contribution in [0.2, 0.25) is 0 Å². The SMILES string of the molecule is O=C(O)NCc1ccc(-c2cccc(OCCCN3CCCC3)c2)cc1. The number of carbonyl (C=O) groups is 1. The Hall–Kier alpha value is -2.53. The molecule has 1 aliphatic heterocycles. The van der Waals surface area contributed by atoms with E-state index in [-0.39, 0.29) is 0 Å². The van der Waals surface area contributed by atoms with E-state index in [1.54, 1.807) is 0 Å². The van der Waals surface area contributed by atoms with Gasteiger partial charge in [-0.2, -0.15) is 0 Å². The summed E-state index contributed by atoms with van der Waals surface area (Å²) in [6.45, 7) is 4.63. The summed E-state index contributed by atoms with van der Waals surface area (Å²) in [5.41, 5.74) is 3.12. The smallest absolute Gasteiger partial charge is 0.404 e. The number of likely N-dealkylation sites (tertiary alicyclic amines) is 1. The molecular weight excluding hydrogens is 328 g/mol. The molecule has 0 unspecified atom stereocenters. The second-order valence-corrected chi connectivity index (χ2v) is 6.63. The third-order valence-corrected chi connectivity index (χ3v) is 4.65. The molecule has 2 aromatic rings. The van der Waals surface area contributed by atoms with Gasteiger partial charge in [-0.3, -0.25) is 0 Å². The van der Waals surface area contributed by atoms with Crippen molar-refractivity contribution in [2.24, 2.45) is 0 Å². The molecule has 138 valence electrons. The van der Waals surface area contributed by atoms with E-state index in [0.29, 0.717) is 6.54 Å². The predicted octanol–water partition coefficient (Wildman–Crippen LogP) is 3.99. The molecule has 5 nitrogen and oxygen atoms in total. The summed E-state index contributed by atoms with van der Waals surface area (Å²) in [5, 5.41) is 11.0. The van der Waals surface area contributed by atoms with Crippen LogP contribution in [0.25, 0.3) is 11.1 Å². The number of nitrogens with zero attached hydrogens (tertiary/aromatic N) is 1. The lowest BCUT2D eigenvalue weighted by atomic mass is 10.0. The molecule has 1 amide bonds. The lowest BCUT2D eigenvalue weighted by Crippen LogP contribution is -2.21. The van der Waals surface area contributed by atoms with Crippen molar-refractivity contribution in [2.75, 3.05) is 26.2 Å². The van der Waals surface area contributed by atoms with E-state index in [4.69, 9.17) is 9.84 Å². The molecule has 0 bridgehead atoms. The quantitative estimate of drug-likeness (QED) is 0.704. The molecule has 0 atom stereocenters. The minimum absolute atomic E-state index is 0.315. The molecule has 2 aromatic carbocycles. The van der Waals surface area contributed by atoms with E-state index in [1.807, 2.05) is 36.4 Å². The first-order chi connectivity index (χ1) is 12.7. The zero-order valence-electron chi connectivity index (χ0n) is 15.0. The Bertz CT molecular complexity index is 709. The molecule has 1 heterocycles. The first-order valence-electron chi connectivity index (χ1n) is 9.22. The first kappa shape index (κ1) is 18.3. The number of carboxylic acid groups (broad SMARTS) is 1. The van der Waals surface area contributed by atoms with Crippen molar-refractivity contribution in [2.45, 2.75) is 25.8 Å². The maximum absolute atomic E-state index is 10.6. The number of rotatable bonds is 8. The van der Waals surface area contributed by atoms with Crippen molar-refractivity contribution in [1.29, 1.82) is 0 Å². The van der Waals surface area contributed by atoms with E-state index < -0.39 is 6.09 Å². The summed E-state index contributed by atoms with van der Waals surface area (Å²) in [6.07, 6.45) is 2.70. The summed E-state index contributed by atoms with van der Waals surface area (Å²) >= 11 is 0. The number of amides is 1. The third kappa shape index (κ3) is 5.49. The number of hydrogen-bond acceptors (Lipinski definition) is 3. The number of hydrogen-bond donors (Lipinski definition) is 2. The lowest BCUT2D eigenvalue weighted by Gasteiger charge is -2.14. The summed E-state index contributed by atoms with van der Waals surface area (Å²) < 4.78 is 5.91. The van der Waals surface area contributed by atoms with Gasteiger partial charge in [0.1, 0.15) is 5.75 Å². The molecule has 0 saturated carbocycles. The average molecular weight is 354 g/mol. The van der Waals surface area contributed by atoms with Gasteiger partial charge in [-0.25, -0.2) is 4.79 Å². The second kappa shape index (κ2) is 9.25. The molecule has 1 fully saturated rings. The summed E-state index contributed by atoms with van der Waals surface area (Å²) in [5.74, 6) is 0.889. The van der Waals surface area contributed by atoms with Crippen LogP contribution in [0.4, 0.5) is 4.79 Å². The monoisotopic (exact) mass is 354 g/mol. The number of benzene rings is 2. The fourth-order valence-electron chi connectivity index (χ4n) is 3.24. The third-order valence-electron chi connectivity index (χ3n) is 4.65. The highest BCUT2D eigenvalue weighted by molar-refractivity contribution is 5.66. The van der Waals surface area contributed by atoms with Gasteiger partial charge in [0, 0.05) is 13.1 Å². The summed E-state index contributed by atoms with van der Waals surface area (Å²) in [7, 11) is 0. The van der Waals surface area contributed by atoms with Crippen molar-refractivity contribution in [1.82, 2.24) is 10.2 Å². The molecule has 2 N–H and O–H groups in total. The van der Waals surface area contributed by atoms with Crippen molar-refractivity contribution in [3.8, 4) is 16.9 Å². The molecule has 1 saturated heterocycles. The maximum atomic E-state index is 10.6. The zero-order chi connectivity index (χ0) is 18.2. The Morgan fingerprint density at radius 2 is 1.85 bits per heavy atom. The van der Waals surface area contributed by atoms with Crippen LogP contribution in [0.15, 0.2) is 48.5 Å². The van der Waals surface area contributed by atoms with Gasteiger partial charge in [0.15, 0.2) is 0 Å². The fourth-order valence-corrected chi connectivity index (χ4v) is 3.24. The molecule has 0 radical (unpaired) electrons. The fraction of sp³-hybridized carbons (Fsp3) is 0.381. The van der Waals surface area contributed by atoms with Gasteiger partial charge < -0.3 is 20.1 Å². The Morgan fingerprint density at radius 1 is 1.08 bits per heavy atom. The van der Waals surface area contributed by atoms with Crippen LogP contribution in [0.5, 0.6) is 5.75 Å². The molecule has 0 aliphatic carbocycles. The van der Waals surface area contributed by atoms with Crippen molar-refractivity contribution < 1.29 is 14.6 Å². The Morgan fingerprint density at radius 3 is 2.58 bits per heavy atom. The van der Waals surface area contributed by atoms with E-state index in [0.717, 1.165) is 42.0 Å². The van der Waals surface area contributed by atoms with E-state index in [2.05, 4.69) is 22.3 Å². The van der Waals surface area contributed by atoms with Crippen LogP contribution in [-0.4, -0.2) is 42.3 Å². The molecule has 5 heteroatoms. The van der Waals surface area contributed by atoms with Gasteiger partial charge >= 0.3 is 6.09 Å². The number of nitrogens with one attached hydrogen (secondary N) is 1. The van der Waals surface area contributed by atoms with Gasteiger partial charge in [-0.1, -0.05) is 36.4 Å². The topological polar surface area (TPSA) is 61.8 Å². The molecule has 0 spiro atoms. The van der Waals surface area contributed by atoms with Gasteiger partial charge in [0.25, 0.3) is 0 Å². The Balaban J connectivity index is 1.52. The zero-order valence-corrected chi connectivity index (χ0v) is 15.0. The van der Waals surface area contributed by atoms with Gasteiger partial charge in [-0.05, 0) is 61.2 Å². The van der Waals surface area contributed by atoms with Crippen LogP contribution in [0.1, 0.15) is 24.8 Å².